The molecular weight excluding hydrogens is 485 g/mol. The van der Waals surface area contributed by atoms with E-state index in [1.807, 2.05) is 11.0 Å². The summed E-state index contributed by atoms with van der Waals surface area (Å²) in [4.78, 5) is 16.5. The number of piperazine rings is 1. The maximum atomic E-state index is 14.5. The van der Waals surface area contributed by atoms with E-state index in [0.717, 1.165) is 6.20 Å². The van der Waals surface area contributed by atoms with Crippen molar-refractivity contribution in [3.05, 3.63) is 65.4 Å². The van der Waals surface area contributed by atoms with E-state index >= 15 is 0 Å². The molecule has 0 radical (unpaired) electrons. The zero-order valence-corrected chi connectivity index (χ0v) is 20.0. The lowest BCUT2D eigenvalue weighted by Gasteiger charge is -2.40. The van der Waals surface area contributed by atoms with E-state index in [1.54, 1.807) is 24.3 Å². The van der Waals surface area contributed by atoms with Crippen LogP contribution in [-0.4, -0.2) is 67.0 Å². The first kappa shape index (κ1) is 24.2. The highest BCUT2D eigenvalue weighted by Crippen LogP contribution is 2.33. The molecule has 0 amide bonds. The molecule has 0 N–H and O–H groups in total. The summed E-state index contributed by atoms with van der Waals surface area (Å²) in [6, 6.07) is 6.00. The van der Waals surface area contributed by atoms with Crippen LogP contribution in [0.15, 0.2) is 41.9 Å². The van der Waals surface area contributed by atoms with E-state index < -0.39 is 18.3 Å². The lowest BCUT2D eigenvalue weighted by molar-refractivity contribution is 0.179. The fourth-order valence-corrected chi connectivity index (χ4v) is 4.49. The van der Waals surface area contributed by atoms with Crippen molar-refractivity contribution in [3.8, 4) is 17.6 Å². The Balaban J connectivity index is 1.28. The Morgan fingerprint density at radius 1 is 1.16 bits per heavy atom. The van der Waals surface area contributed by atoms with Gasteiger partial charge in [0.1, 0.15) is 17.3 Å². The summed E-state index contributed by atoms with van der Waals surface area (Å²) in [5.41, 5.74) is 0.857. The van der Waals surface area contributed by atoms with Gasteiger partial charge in [0.25, 0.3) is 0 Å². The number of aromatic nitrogens is 5. The lowest BCUT2D eigenvalue weighted by atomic mass is 10.0. The first-order valence-corrected chi connectivity index (χ1v) is 11.6. The van der Waals surface area contributed by atoms with Gasteiger partial charge in [-0.2, -0.15) is 15.5 Å². The Morgan fingerprint density at radius 3 is 2.65 bits per heavy atom. The summed E-state index contributed by atoms with van der Waals surface area (Å²) < 4.78 is 42.8. The number of rotatable bonds is 6. The predicted molar refractivity (Wildman–Crippen MR) is 129 cm³/mol. The Bertz CT molecular complexity index is 1400. The van der Waals surface area contributed by atoms with Crippen LogP contribution < -0.4 is 4.90 Å². The molecule has 2 aliphatic rings. The normalized spacial score (nSPS) is 17.4. The quantitative estimate of drug-likeness (QED) is 0.501. The van der Waals surface area contributed by atoms with Crippen LogP contribution in [0.3, 0.4) is 0 Å². The number of hydrogen-bond acceptors (Lipinski definition) is 9. The van der Waals surface area contributed by atoms with Gasteiger partial charge in [0.2, 0.25) is 5.95 Å². The van der Waals surface area contributed by atoms with E-state index in [-0.39, 0.29) is 28.9 Å². The summed E-state index contributed by atoms with van der Waals surface area (Å²) in [5, 5.41) is 19.3. The van der Waals surface area contributed by atoms with Gasteiger partial charge in [0.05, 0.1) is 23.9 Å². The molecule has 1 fully saturated rings. The molecule has 13 heteroatoms. The third-order valence-corrected chi connectivity index (χ3v) is 6.33. The Labute approximate surface area is 211 Å². The summed E-state index contributed by atoms with van der Waals surface area (Å²) in [5.74, 6) is -0.0931. The van der Waals surface area contributed by atoms with Gasteiger partial charge in [-0.1, -0.05) is 6.58 Å². The van der Waals surface area contributed by atoms with Gasteiger partial charge in [-0.15, -0.1) is 0 Å². The minimum Gasteiger partial charge on any atom is -0.354 e. The van der Waals surface area contributed by atoms with E-state index in [4.69, 9.17) is 0 Å². The number of benzene rings is 1. The van der Waals surface area contributed by atoms with E-state index in [9.17, 15) is 18.4 Å². The second-order valence-electron chi connectivity index (χ2n) is 8.64. The molecule has 1 saturated heterocycles. The molecule has 1 unspecified atom stereocenters. The van der Waals surface area contributed by atoms with Gasteiger partial charge in [0, 0.05) is 45.9 Å². The van der Waals surface area contributed by atoms with E-state index in [2.05, 4.69) is 36.6 Å². The van der Waals surface area contributed by atoms with Crippen molar-refractivity contribution >= 4 is 12.2 Å². The monoisotopic (exact) mass is 508 g/mol. The topological polar surface area (TPSA) is 102 Å². The van der Waals surface area contributed by atoms with Crippen LogP contribution in [0.2, 0.25) is 0 Å². The van der Waals surface area contributed by atoms with Crippen LogP contribution >= 0.6 is 0 Å². The van der Waals surface area contributed by atoms with Crippen molar-refractivity contribution in [2.75, 3.05) is 31.1 Å². The highest BCUT2D eigenvalue weighted by molar-refractivity contribution is 5.61. The molecule has 1 aromatic carbocycles. The lowest BCUT2D eigenvalue weighted by Crippen LogP contribution is -2.48. The maximum Gasteiger partial charge on any atom is 0.226 e. The number of nitrogens with zero attached hydrogens (tertiary/aromatic N) is 10. The Hall–Kier alpha value is -4.47. The van der Waals surface area contributed by atoms with Gasteiger partial charge in [-0.25, -0.2) is 37.8 Å². The van der Waals surface area contributed by atoms with Crippen molar-refractivity contribution in [2.24, 2.45) is 12.1 Å². The summed E-state index contributed by atoms with van der Waals surface area (Å²) in [6.07, 6.45) is 3.38. The fraction of sp³-hybridized carbons (Fsp3) is 0.333. The third-order valence-electron chi connectivity index (χ3n) is 6.33. The summed E-state index contributed by atoms with van der Waals surface area (Å²) >= 11 is 0. The van der Waals surface area contributed by atoms with Crippen molar-refractivity contribution in [1.82, 2.24) is 34.6 Å². The standard InChI is InChI=1S/C24H23F3N10/c1-15(37-20(3-4-30-37)17-9-16(13-28)10-18(26)11-17)35-5-7-36(8-6-35)24-29-14-19(27)22(32-24)23-31-21(12-25)33-34(23)2/h4,9-11,14,20H,1,3,5-8,12H2,2H3. The number of hydrazone groups is 1. The average Bonchev–Trinajstić information content (AvgIpc) is 3.55. The molecule has 1 atom stereocenters. The first-order valence-electron chi connectivity index (χ1n) is 11.6. The molecular formula is C24H23F3N10. The summed E-state index contributed by atoms with van der Waals surface area (Å²) in [6.45, 7) is 5.54. The fourth-order valence-electron chi connectivity index (χ4n) is 4.49. The second kappa shape index (κ2) is 9.88. The van der Waals surface area contributed by atoms with E-state index in [1.165, 1.54) is 16.8 Å². The molecule has 3 aromatic rings. The molecule has 0 aliphatic carbocycles. The van der Waals surface area contributed by atoms with Gasteiger partial charge in [-0.05, 0) is 23.8 Å². The molecule has 10 nitrogen and oxygen atoms in total. The molecule has 0 spiro atoms. The van der Waals surface area contributed by atoms with Crippen LogP contribution in [0.25, 0.3) is 11.5 Å². The number of hydrogen-bond donors (Lipinski definition) is 0. The number of aryl methyl sites for hydroxylation is 1. The van der Waals surface area contributed by atoms with Crippen molar-refractivity contribution in [2.45, 2.75) is 19.1 Å². The highest BCUT2D eigenvalue weighted by Gasteiger charge is 2.30. The van der Waals surface area contributed by atoms with Crippen LogP contribution in [0.5, 0.6) is 0 Å². The minimum atomic E-state index is -0.861. The van der Waals surface area contributed by atoms with Gasteiger partial charge < -0.3 is 9.80 Å². The number of halogens is 3. The Kier molecular flexibility index (Phi) is 6.47. The number of nitriles is 1. The van der Waals surface area contributed by atoms with Crippen molar-refractivity contribution in [1.29, 1.82) is 5.26 Å². The van der Waals surface area contributed by atoms with Gasteiger partial charge >= 0.3 is 0 Å². The summed E-state index contributed by atoms with van der Waals surface area (Å²) in [7, 11) is 1.55. The van der Waals surface area contributed by atoms with Crippen LogP contribution in [0.1, 0.15) is 29.4 Å². The molecule has 190 valence electrons. The highest BCUT2D eigenvalue weighted by atomic mass is 19.1. The number of anilines is 1. The minimum absolute atomic E-state index is 0.0471. The molecule has 0 bridgehead atoms. The van der Waals surface area contributed by atoms with Gasteiger partial charge in [-0.3, -0.25) is 0 Å². The second-order valence-corrected chi connectivity index (χ2v) is 8.64. The molecule has 4 heterocycles. The SMILES string of the molecule is C=C(N1CCN(c2ncc(F)c(-c3nc(CF)nn3C)n2)CC1)N1N=CCC1c1cc(F)cc(C#N)c1. The number of alkyl halides is 1. The third kappa shape index (κ3) is 4.69. The Morgan fingerprint density at radius 2 is 1.95 bits per heavy atom. The molecule has 37 heavy (non-hydrogen) atoms. The van der Waals surface area contributed by atoms with Crippen molar-refractivity contribution < 1.29 is 13.2 Å². The molecule has 0 saturated carbocycles. The molecule has 2 aliphatic heterocycles. The van der Waals surface area contributed by atoms with Gasteiger partial charge in [0.15, 0.2) is 24.1 Å². The van der Waals surface area contributed by atoms with Crippen LogP contribution in [0, 0.1) is 23.0 Å². The van der Waals surface area contributed by atoms with Crippen LogP contribution in [-0.2, 0) is 13.7 Å². The first-order chi connectivity index (χ1) is 17.9. The predicted octanol–water partition coefficient (Wildman–Crippen LogP) is 2.92. The zero-order chi connectivity index (χ0) is 26.1. The van der Waals surface area contributed by atoms with Crippen LogP contribution in [0.4, 0.5) is 19.1 Å². The average molecular weight is 509 g/mol. The van der Waals surface area contributed by atoms with Crippen molar-refractivity contribution in [3.63, 3.8) is 0 Å². The van der Waals surface area contributed by atoms with E-state index in [0.29, 0.717) is 49.9 Å². The smallest absolute Gasteiger partial charge is 0.226 e. The molecule has 2 aromatic heterocycles. The largest absolute Gasteiger partial charge is 0.354 e. The zero-order valence-electron chi connectivity index (χ0n) is 20.0. The molecule has 5 rings (SSSR count). The maximum absolute atomic E-state index is 14.5.